The van der Waals surface area contributed by atoms with Crippen LogP contribution in [-0.2, 0) is 4.79 Å². The molecule has 3 nitrogen and oxygen atoms in total. The molecule has 1 atom stereocenters. The van der Waals surface area contributed by atoms with Crippen molar-refractivity contribution in [3.8, 4) is 11.5 Å². The maximum absolute atomic E-state index is 13.4. The summed E-state index contributed by atoms with van der Waals surface area (Å²) in [7, 11) is 1.66. The highest BCUT2D eigenvalue weighted by Crippen LogP contribution is 2.48. The van der Waals surface area contributed by atoms with Crippen LogP contribution >= 0.6 is 0 Å². The van der Waals surface area contributed by atoms with E-state index in [9.17, 15) is 4.79 Å². The highest BCUT2D eigenvalue weighted by molar-refractivity contribution is 6.32. The molecule has 0 radical (unpaired) electrons. The van der Waals surface area contributed by atoms with Crippen LogP contribution in [0, 0.1) is 0 Å². The van der Waals surface area contributed by atoms with Crippen LogP contribution in [-0.4, -0.2) is 19.5 Å². The average Bonchev–Trinajstić information content (AvgIpc) is 3.17. The minimum absolute atomic E-state index is 0.0146. The molecule has 0 unspecified atom stereocenters. The van der Waals surface area contributed by atoms with Crippen molar-refractivity contribution in [3.05, 3.63) is 95.6 Å². The summed E-state index contributed by atoms with van der Waals surface area (Å²) in [4.78, 5) is 13.4. The van der Waals surface area contributed by atoms with Gasteiger partial charge in [0.25, 0.3) is 0 Å². The molecule has 3 aromatic rings. The molecular formula is C28H28O3. The number of carbonyl (C=O) groups is 1. The van der Waals surface area contributed by atoms with Gasteiger partial charge in [-0.1, -0.05) is 74.0 Å². The first-order valence-electron chi connectivity index (χ1n) is 10.9. The number of hydrogen-bond acceptors (Lipinski definition) is 3. The lowest BCUT2D eigenvalue weighted by Gasteiger charge is -2.18. The Balaban J connectivity index is 1.87. The number of carbonyl (C=O) groups excluding carboxylic acids is 1. The molecule has 1 aliphatic rings. The molecule has 3 heteroatoms. The van der Waals surface area contributed by atoms with Crippen LogP contribution in [0.4, 0.5) is 0 Å². The van der Waals surface area contributed by atoms with Gasteiger partial charge in [-0.15, -0.1) is 0 Å². The Kier molecular flexibility index (Phi) is 6.51. The summed E-state index contributed by atoms with van der Waals surface area (Å²) in [5.74, 6) is 1.75. The molecule has 0 fully saturated rings. The van der Waals surface area contributed by atoms with Crippen LogP contribution in [0.3, 0.4) is 0 Å². The maximum Gasteiger partial charge on any atom is 0.164 e. The largest absolute Gasteiger partial charge is 0.497 e. The summed E-state index contributed by atoms with van der Waals surface area (Å²) in [6.07, 6.45) is 2.51. The zero-order chi connectivity index (χ0) is 21.6. The molecule has 0 aromatic heterocycles. The number of methoxy groups -OCH3 is 1. The summed E-state index contributed by atoms with van der Waals surface area (Å²) in [6.45, 7) is 2.79. The summed E-state index contributed by atoms with van der Waals surface area (Å²) >= 11 is 0. The monoisotopic (exact) mass is 412 g/mol. The topological polar surface area (TPSA) is 35.5 Å². The predicted molar refractivity (Wildman–Crippen MR) is 125 cm³/mol. The molecular weight excluding hydrogens is 384 g/mol. The molecule has 0 spiro atoms. The van der Waals surface area contributed by atoms with Gasteiger partial charge in [-0.25, -0.2) is 0 Å². The van der Waals surface area contributed by atoms with E-state index in [0.717, 1.165) is 52.2 Å². The molecule has 31 heavy (non-hydrogen) atoms. The van der Waals surface area contributed by atoms with E-state index in [2.05, 4.69) is 19.1 Å². The molecule has 4 rings (SSSR count). The van der Waals surface area contributed by atoms with Gasteiger partial charge in [0.05, 0.1) is 13.7 Å². The Labute approximate surface area is 184 Å². The number of allylic oxidation sites excluding steroid dienone is 2. The van der Waals surface area contributed by atoms with Gasteiger partial charge in [0.15, 0.2) is 5.78 Å². The molecule has 0 bridgehead atoms. The van der Waals surface area contributed by atoms with E-state index in [-0.39, 0.29) is 11.7 Å². The summed E-state index contributed by atoms with van der Waals surface area (Å²) in [6, 6.07) is 26.2. The molecule has 1 aliphatic carbocycles. The van der Waals surface area contributed by atoms with E-state index in [0.29, 0.717) is 13.0 Å². The normalized spacial score (nSPS) is 15.9. The van der Waals surface area contributed by atoms with Crippen LogP contribution in [0.25, 0.3) is 11.1 Å². The molecule has 0 amide bonds. The van der Waals surface area contributed by atoms with Crippen molar-refractivity contribution >= 4 is 16.9 Å². The average molecular weight is 413 g/mol. The van der Waals surface area contributed by atoms with E-state index < -0.39 is 0 Å². The van der Waals surface area contributed by atoms with Crippen LogP contribution in [0.1, 0.15) is 48.8 Å². The number of unbranched alkanes of at least 4 members (excludes halogenated alkanes) is 1. The van der Waals surface area contributed by atoms with Crippen LogP contribution < -0.4 is 9.47 Å². The van der Waals surface area contributed by atoms with Gasteiger partial charge < -0.3 is 9.47 Å². The fourth-order valence-electron chi connectivity index (χ4n) is 4.22. The third-order valence-electron chi connectivity index (χ3n) is 5.80. The van der Waals surface area contributed by atoms with Gasteiger partial charge in [0.1, 0.15) is 11.5 Å². The lowest BCUT2D eigenvalue weighted by atomic mass is 9.87. The van der Waals surface area contributed by atoms with Crippen LogP contribution in [0.15, 0.2) is 78.9 Å². The number of rotatable bonds is 8. The van der Waals surface area contributed by atoms with E-state index in [1.54, 1.807) is 7.11 Å². The molecule has 158 valence electrons. The van der Waals surface area contributed by atoms with Crippen molar-refractivity contribution < 1.29 is 14.3 Å². The van der Waals surface area contributed by atoms with Crippen LogP contribution in [0.2, 0.25) is 0 Å². The summed E-state index contributed by atoms with van der Waals surface area (Å²) in [5.41, 5.74) is 4.91. The van der Waals surface area contributed by atoms with Crippen molar-refractivity contribution in [1.82, 2.24) is 0 Å². The van der Waals surface area contributed by atoms with E-state index in [1.165, 1.54) is 0 Å². The number of Topliss-reactive ketones (excluding diaryl/α,β-unsaturated/α-hetero) is 1. The van der Waals surface area contributed by atoms with E-state index in [4.69, 9.17) is 9.47 Å². The maximum atomic E-state index is 13.4. The third kappa shape index (κ3) is 4.41. The smallest absolute Gasteiger partial charge is 0.164 e. The summed E-state index contributed by atoms with van der Waals surface area (Å²) in [5, 5.41) is 0. The van der Waals surface area contributed by atoms with Crippen molar-refractivity contribution in [2.24, 2.45) is 0 Å². The highest BCUT2D eigenvalue weighted by atomic mass is 16.5. The minimum Gasteiger partial charge on any atom is -0.497 e. The van der Waals surface area contributed by atoms with Gasteiger partial charge in [0.2, 0.25) is 0 Å². The van der Waals surface area contributed by atoms with Crippen LogP contribution in [0.5, 0.6) is 11.5 Å². The number of para-hydroxylation sites is 1. The molecule has 0 saturated heterocycles. The second-order valence-electron chi connectivity index (χ2n) is 7.81. The zero-order valence-corrected chi connectivity index (χ0v) is 18.1. The number of benzene rings is 3. The van der Waals surface area contributed by atoms with Gasteiger partial charge in [-0.05, 0) is 41.3 Å². The molecule has 0 heterocycles. The van der Waals surface area contributed by atoms with Gasteiger partial charge in [0, 0.05) is 23.5 Å². The second-order valence-corrected chi connectivity index (χ2v) is 7.81. The molecule has 0 N–H and O–H groups in total. The Morgan fingerprint density at radius 2 is 1.61 bits per heavy atom. The fraction of sp³-hybridized carbons (Fsp3) is 0.250. The fourth-order valence-corrected chi connectivity index (χ4v) is 4.22. The van der Waals surface area contributed by atoms with Gasteiger partial charge >= 0.3 is 0 Å². The number of ketones is 1. The quantitative estimate of drug-likeness (QED) is 0.394. The molecule has 0 aliphatic heterocycles. The zero-order valence-electron chi connectivity index (χ0n) is 18.1. The van der Waals surface area contributed by atoms with Crippen molar-refractivity contribution in [2.75, 3.05) is 13.7 Å². The van der Waals surface area contributed by atoms with Crippen molar-refractivity contribution in [1.29, 1.82) is 0 Å². The first-order valence-corrected chi connectivity index (χ1v) is 10.9. The minimum atomic E-state index is 0.0146. The van der Waals surface area contributed by atoms with Crippen molar-refractivity contribution in [2.45, 2.75) is 32.1 Å². The molecule has 3 aromatic carbocycles. The highest BCUT2D eigenvalue weighted by Gasteiger charge is 2.35. The second kappa shape index (κ2) is 9.65. The Morgan fingerprint density at radius 1 is 0.903 bits per heavy atom. The first kappa shape index (κ1) is 20.9. The summed E-state index contributed by atoms with van der Waals surface area (Å²) < 4.78 is 11.4. The third-order valence-corrected chi connectivity index (χ3v) is 5.80. The number of hydrogen-bond donors (Lipinski definition) is 0. The Hall–Kier alpha value is -3.33. The Bertz CT molecular complexity index is 1060. The van der Waals surface area contributed by atoms with Crippen molar-refractivity contribution in [3.63, 3.8) is 0 Å². The molecule has 0 saturated carbocycles. The lowest BCUT2D eigenvalue weighted by Crippen LogP contribution is -2.03. The van der Waals surface area contributed by atoms with E-state index >= 15 is 0 Å². The Morgan fingerprint density at radius 3 is 2.32 bits per heavy atom. The standard InChI is InChI=1S/C28H28O3/c1-3-4-18-31-26-13-9-8-12-23(26)28-25(29)19-24(20-10-6-5-7-11-20)27(28)21-14-16-22(30-2)17-15-21/h5-17,24H,3-4,18-19H2,1-2H3/t24-/m0/s1. The lowest BCUT2D eigenvalue weighted by molar-refractivity contribution is -0.113. The SMILES string of the molecule is CCCCOc1ccccc1C1=C(c2ccc(OC)cc2)[C@H](c2ccccc2)CC1=O. The van der Waals surface area contributed by atoms with Gasteiger partial charge in [-0.2, -0.15) is 0 Å². The number of ether oxygens (including phenoxy) is 2. The first-order chi connectivity index (χ1) is 15.2. The van der Waals surface area contributed by atoms with Gasteiger partial charge in [-0.3, -0.25) is 4.79 Å². The van der Waals surface area contributed by atoms with E-state index in [1.807, 2.05) is 66.7 Å². The predicted octanol–water partition coefficient (Wildman–Crippen LogP) is 6.54.